The van der Waals surface area contributed by atoms with Crippen LogP contribution >= 0.6 is 27.3 Å². The molecule has 1 amide bonds. The van der Waals surface area contributed by atoms with E-state index in [2.05, 4.69) is 21.2 Å². The van der Waals surface area contributed by atoms with E-state index in [9.17, 15) is 18.0 Å². The standard InChI is InChI=1S/C18H21BrF3N3OS/c1-24(2)7-4-8-25(3)15-6-5-12(18(20,21)22)9-14(15)23-17(26)16-10-13(19)11-27-16/h5-6,9-11H,4,7-8H2,1-3H3,(H,23,26). The Bertz CT molecular complexity index is 792. The van der Waals surface area contributed by atoms with Gasteiger partial charge in [0.15, 0.2) is 0 Å². The van der Waals surface area contributed by atoms with Crippen molar-refractivity contribution in [1.82, 2.24) is 4.90 Å². The van der Waals surface area contributed by atoms with Crippen LogP contribution < -0.4 is 10.2 Å². The molecular weight excluding hydrogens is 443 g/mol. The van der Waals surface area contributed by atoms with Crippen LogP contribution in [0.3, 0.4) is 0 Å². The Morgan fingerprint density at radius 3 is 2.44 bits per heavy atom. The molecule has 0 radical (unpaired) electrons. The predicted octanol–water partition coefficient (Wildman–Crippen LogP) is 5.17. The second kappa shape index (κ2) is 9.07. The first-order chi connectivity index (χ1) is 12.6. The molecule has 0 aliphatic carbocycles. The van der Waals surface area contributed by atoms with E-state index >= 15 is 0 Å². The van der Waals surface area contributed by atoms with E-state index in [4.69, 9.17) is 0 Å². The normalized spacial score (nSPS) is 11.7. The lowest BCUT2D eigenvalue weighted by atomic mass is 10.1. The lowest BCUT2D eigenvalue weighted by molar-refractivity contribution is -0.137. The summed E-state index contributed by atoms with van der Waals surface area (Å²) in [5, 5.41) is 4.38. The molecule has 0 unspecified atom stereocenters. The first-order valence-corrected chi connectivity index (χ1v) is 9.87. The number of carbonyl (C=O) groups excluding carboxylic acids is 1. The zero-order valence-corrected chi connectivity index (χ0v) is 17.6. The Hall–Kier alpha value is -1.58. The molecular formula is C18H21BrF3N3OS. The highest BCUT2D eigenvalue weighted by atomic mass is 79.9. The molecule has 148 valence electrons. The Kier molecular flexibility index (Phi) is 7.30. The maximum atomic E-state index is 13.1. The third-order valence-corrected chi connectivity index (χ3v) is 5.56. The van der Waals surface area contributed by atoms with Gasteiger partial charge in [-0.05, 0) is 67.3 Å². The van der Waals surface area contributed by atoms with Gasteiger partial charge in [-0.25, -0.2) is 0 Å². The summed E-state index contributed by atoms with van der Waals surface area (Å²) >= 11 is 4.49. The molecule has 1 N–H and O–H groups in total. The molecule has 1 aromatic carbocycles. The van der Waals surface area contributed by atoms with Crippen molar-refractivity contribution in [2.75, 3.05) is 44.4 Å². The third-order valence-electron chi connectivity index (χ3n) is 3.87. The Labute approximate surface area is 169 Å². The third kappa shape index (κ3) is 6.22. The van der Waals surface area contributed by atoms with Crippen LogP contribution in [0.5, 0.6) is 0 Å². The van der Waals surface area contributed by atoms with Crippen LogP contribution in [0, 0.1) is 0 Å². The number of hydrogen-bond acceptors (Lipinski definition) is 4. The monoisotopic (exact) mass is 463 g/mol. The fourth-order valence-electron chi connectivity index (χ4n) is 2.51. The number of alkyl halides is 3. The number of nitrogens with one attached hydrogen (secondary N) is 1. The lowest BCUT2D eigenvalue weighted by Crippen LogP contribution is -2.25. The van der Waals surface area contributed by atoms with E-state index in [1.165, 1.54) is 17.4 Å². The van der Waals surface area contributed by atoms with Crippen molar-refractivity contribution in [3.05, 3.63) is 44.6 Å². The van der Waals surface area contributed by atoms with E-state index in [0.717, 1.165) is 29.6 Å². The minimum Gasteiger partial charge on any atom is -0.373 e. The van der Waals surface area contributed by atoms with Crippen molar-refractivity contribution >= 4 is 44.5 Å². The van der Waals surface area contributed by atoms with Gasteiger partial charge in [0, 0.05) is 23.4 Å². The van der Waals surface area contributed by atoms with Crippen LogP contribution in [0.15, 0.2) is 34.1 Å². The molecule has 0 aliphatic heterocycles. The highest BCUT2D eigenvalue weighted by Crippen LogP contribution is 2.35. The molecule has 2 aromatic rings. The quantitative estimate of drug-likeness (QED) is 0.614. The van der Waals surface area contributed by atoms with Crippen molar-refractivity contribution in [1.29, 1.82) is 0 Å². The van der Waals surface area contributed by atoms with Gasteiger partial charge in [0.1, 0.15) is 0 Å². The van der Waals surface area contributed by atoms with Crippen molar-refractivity contribution < 1.29 is 18.0 Å². The summed E-state index contributed by atoms with van der Waals surface area (Å²) in [6.45, 7) is 1.51. The molecule has 4 nitrogen and oxygen atoms in total. The molecule has 9 heteroatoms. The zero-order valence-electron chi connectivity index (χ0n) is 15.2. The molecule has 1 aromatic heterocycles. The predicted molar refractivity (Wildman–Crippen MR) is 108 cm³/mol. The molecule has 2 rings (SSSR count). The Morgan fingerprint density at radius 1 is 1.19 bits per heavy atom. The second-order valence-electron chi connectivity index (χ2n) is 6.39. The first-order valence-electron chi connectivity index (χ1n) is 8.20. The summed E-state index contributed by atoms with van der Waals surface area (Å²) in [4.78, 5) is 16.7. The number of halogens is 4. The fourth-order valence-corrected chi connectivity index (χ4v) is 3.83. The summed E-state index contributed by atoms with van der Waals surface area (Å²) in [6.07, 6.45) is -3.64. The van der Waals surface area contributed by atoms with E-state index in [1.807, 2.05) is 23.9 Å². The van der Waals surface area contributed by atoms with Gasteiger partial charge in [-0.1, -0.05) is 0 Å². The second-order valence-corrected chi connectivity index (χ2v) is 8.22. The molecule has 0 atom stereocenters. The van der Waals surface area contributed by atoms with Gasteiger partial charge in [-0.2, -0.15) is 13.2 Å². The number of hydrogen-bond donors (Lipinski definition) is 1. The number of rotatable bonds is 7. The topological polar surface area (TPSA) is 35.6 Å². The van der Waals surface area contributed by atoms with Crippen LogP contribution in [0.1, 0.15) is 21.7 Å². The molecule has 0 aliphatic rings. The average molecular weight is 464 g/mol. The SMILES string of the molecule is CN(C)CCCN(C)c1ccc(C(F)(F)F)cc1NC(=O)c1cc(Br)cs1. The van der Waals surface area contributed by atoms with Crippen LogP contribution in [-0.4, -0.2) is 45.0 Å². The summed E-state index contributed by atoms with van der Waals surface area (Å²) < 4.78 is 40.1. The average Bonchev–Trinajstić information content (AvgIpc) is 3.00. The maximum absolute atomic E-state index is 13.1. The van der Waals surface area contributed by atoms with Gasteiger partial charge in [0.05, 0.1) is 21.8 Å². The number of anilines is 2. The Balaban J connectivity index is 2.28. The maximum Gasteiger partial charge on any atom is 0.416 e. The molecule has 27 heavy (non-hydrogen) atoms. The lowest BCUT2D eigenvalue weighted by Gasteiger charge is -2.24. The molecule has 1 heterocycles. The summed E-state index contributed by atoms with van der Waals surface area (Å²) in [5.41, 5.74) is -0.104. The van der Waals surface area contributed by atoms with Crippen molar-refractivity contribution in [2.45, 2.75) is 12.6 Å². The number of thiophene rings is 1. The number of amides is 1. The van der Waals surface area contributed by atoms with Crippen LogP contribution in [0.4, 0.5) is 24.5 Å². The van der Waals surface area contributed by atoms with Gasteiger partial charge in [-0.15, -0.1) is 11.3 Å². The van der Waals surface area contributed by atoms with Gasteiger partial charge >= 0.3 is 6.18 Å². The number of benzene rings is 1. The van der Waals surface area contributed by atoms with Crippen LogP contribution in [0.2, 0.25) is 0 Å². The van der Waals surface area contributed by atoms with Crippen molar-refractivity contribution in [3.8, 4) is 0 Å². The van der Waals surface area contributed by atoms with Gasteiger partial charge < -0.3 is 15.1 Å². The Morgan fingerprint density at radius 2 is 1.89 bits per heavy atom. The number of carbonyl (C=O) groups is 1. The molecule has 0 fully saturated rings. The van der Waals surface area contributed by atoms with Gasteiger partial charge in [0.25, 0.3) is 5.91 Å². The van der Waals surface area contributed by atoms with E-state index in [-0.39, 0.29) is 5.69 Å². The van der Waals surface area contributed by atoms with Crippen molar-refractivity contribution in [3.63, 3.8) is 0 Å². The van der Waals surface area contributed by atoms with Gasteiger partial charge in [-0.3, -0.25) is 4.79 Å². The molecule has 0 saturated heterocycles. The fraction of sp³-hybridized carbons (Fsp3) is 0.389. The molecule has 0 saturated carbocycles. The minimum absolute atomic E-state index is 0.145. The largest absolute Gasteiger partial charge is 0.416 e. The van der Waals surface area contributed by atoms with Crippen molar-refractivity contribution in [2.24, 2.45) is 0 Å². The molecule has 0 spiro atoms. The summed E-state index contributed by atoms with van der Waals surface area (Å²) in [5.74, 6) is -0.437. The summed E-state index contributed by atoms with van der Waals surface area (Å²) in [7, 11) is 5.72. The van der Waals surface area contributed by atoms with E-state index < -0.39 is 17.6 Å². The van der Waals surface area contributed by atoms with E-state index in [1.54, 1.807) is 18.5 Å². The van der Waals surface area contributed by atoms with Gasteiger partial charge in [0.2, 0.25) is 0 Å². The number of nitrogens with zero attached hydrogens (tertiary/aromatic N) is 2. The van der Waals surface area contributed by atoms with Crippen LogP contribution in [0.25, 0.3) is 0 Å². The highest BCUT2D eigenvalue weighted by Gasteiger charge is 2.31. The molecule has 0 bridgehead atoms. The zero-order chi connectivity index (χ0) is 20.2. The summed E-state index contributed by atoms with van der Waals surface area (Å²) in [6, 6.07) is 5.06. The van der Waals surface area contributed by atoms with E-state index in [0.29, 0.717) is 17.1 Å². The highest BCUT2D eigenvalue weighted by molar-refractivity contribution is 9.10. The first kappa shape index (κ1) is 21.7. The minimum atomic E-state index is -4.48. The smallest absolute Gasteiger partial charge is 0.373 e. The van der Waals surface area contributed by atoms with Crippen LogP contribution in [-0.2, 0) is 6.18 Å².